The van der Waals surface area contributed by atoms with Gasteiger partial charge in [0, 0.05) is 19.0 Å². The molecular weight excluding hydrogens is 247 g/mol. The Morgan fingerprint density at radius 1 is 1.50 bits per heavy atom. The number of rotatable bonds is 1. The number of aryl methyl sites for hydroxylation is 1. The van der Waals surface area contributed by atoms with E-state index in [1.165, 1.54) is 0 Å². The molecule has 1 amide bonds. The molecule has 1 fully saturated rings. The highest BCUT2D eigenvalue weighted by molar-refractivity contribution is 6.33. The third kappa shape index (κ3) is 2.48. The number of benzene rings is 1. The van der Waals surface area contributed by atoms with Crippen LogP contribution in [0.4, 0.5) is 5.69 Å². The van der Waals surface area contributed by atoms with Crippen LogP contribution in [-0.2, 0) is 4.79 Å². The van der Waals surface area contributed by atoms with Gasteiger partial charge in [-0.05, 0) is 24.6 Å². The van der Waals surface area contributed by atoms with Crippen molar-refractivity contribution in [3.63, 3.8) is 0 Å². The molecule has 1 saturated heterocycles. The van der Waals surface area contributed by atoms with Gasteiger partial charge in [0.05, 0.1) is 10.7 Å². The number of carbonyl (C=O) groups is 1. The molecule has 3 nitrogen and oxygen atoms in total. The van der Waals surface area contributed by atoms with Gasteiger partial charge < -0.3 is 10.6 Å². The molecule has 1 aliphatic rings. The fourth-order valence-electron chi connectivity index (χ4n) is 1.80. The summed E-state index contributed by atoms with van der Waals surface area (Å²) in [5.74, 6) is 0.0509. The van der Waals surface area contributed by atoms with Gasteiger partial charge in [-0.15, -0.1) is 12.4 Å². The van der Waals surface area contributed by atoms with Gasteiger partial charge in [-0.3, -0.25) is 4.79 Å². The lowest BCUT2D eigenvalue weighted by atomic mass is 10.2. The fraction of sp³-hybridized carbons (Fsp3) is 0.364. The molecule has 0 aliphatic carbocycles. The van der Waals surface area contributed by atoms with Crippen molar-refractivity contribution < 1.29 is 4.79 Å². The normalized spacial score (nSPS) is 19.8. The summed E-state index contributed by atoms with van der Waals surface area (Å²) >= 11 is 6.05. The van der Waals surface area contributed by atoms with E-state index in [0.29, 0.717) is 18.0 Å². The summed E-state index contributed by atoms with van der Waals surface area (Å²) in [6, 6.07) is 5.57. The minimum absolute atomic E-state index is 0. The summed E-state index contributed by atoms with van der Waals surface area (Å²) in [7, 11) is 0. The van der Waals surface area contributed by atoms with E-state index in [1.54, 1.807) is 4.90 Å². The highest BCUT2D eigenvalue weighted by Crippen LogP contribution is 2.29. The van der Waals surface area contributed by atoms with E-state index in [0.717, 1.165) is 11.3 Å². The lowest BCUT2D eigenvalue weighted by Gasteiger charge is -2.18. The number of nitrogens with zero attached hydrogens (tertiary/aromatic N) is 1. The predicted octanol–water partition coefficient (Wildman–Crippen LogP) is 2.13. The Morgan fingerprint density at radius 2 is 2.19 bits per heavy atom. The topological polar surface area (TPSA) is 46.3 Å². The quantitative estimate of drug-likeness (QED) is 0.841. The lowest BCUT2D eigenvalue weighted by Crippen LogP contribution is -2.28. The fourth-order valence-corrected chi connectivity index (χ4v) is 2.02. The molecule has 1 aliphatic heterocycles. The summed E-state index contributed by atoms with van der Waals surface area (Å²) in [6.45, 7) is 2.53. The number of carbonyl (C=O) groups excluding carboxylic acids is 1. The number of halogens is 2. The molecule has 1 aromatic rings. The van der Waals surface area contributed by atoms with Gasteiger partial charge in [-0.25, -0.2) is 0 Å². The van der Waals surface area contributed by atoms with Gasteiger partial charge >= 0.3 is 0 Å². The van der Waals surface area contributed by atoms with Crippen molar-refractivity contribution in [2.45, 2.75) is 19.4 Å². The predicted molar refractivity (Wildman–Crippen MR) is 68.4 cm³/mol. The van der Waals surface area contributed by atoms with Crippen molar-refractivity contribution in [3.8, 4) is 0 Å². The monoisotopic (exact) mass is 260 g/mol. The first-order valence-electron chi connectivity index (χ1n) is 4.90. The maximum absolute atomic E-state index is 11.6. The summed E-state index contributed by atoms with van der Waals surface area (Å²) in [5.41, 5.74) is 7.59. The van der Waals surface area contributed by atoms with Crippen LogP contribution >= 0.6 is 24.0 Å². The molecule has 1 unspecified atom stereocenters. The standard InChI is InChI=1S/C11H13ClN2O.ClH/c1-7-2-3-9(12)10(4-7)14-6-8(13)5-11(14)15;/h2-4,8H,5-6,13H2,1H3;1H. The first kappa shape index (κ1) is 13.3. The first-order chi connectivity index (χ1) is 7.08. The van der Waals surface area contributed by atoms with Crippen LogP contribution in [0, 0.1) is 6.92 Å². The molecule has 0 aromatic heterocycles. The van der Waals surface area contributed by atoms with E-state index in [1.807, 2.05) is 25.1 Å². The molecular formula is C11H14Cl2N2O. The molecule has 88 valence electrons. The second-order valence-electron chi connectivity index (χ2n) is 3.92. The van der Waals surface area contributed by atoms with Crippen LogP contribution in [-0.4, -0.2) is 18.5 Å². The maximum Gasteiger partial charge on any atom is 0.228 e. The molecule has 0 bridgehead atoms. The van der Waals surface area contributed by atoms with Crippen LogP contribution in [0.15, 0.2) is 18.2 Å². The van der Waals surface area contributed by atoms with E-state index in [4.69, 9.17) is 17.3 Å². The molecule has 1 atom stereocenters. The van der Waals surface area contributed by atoms with Crippen LogP contribution in [0.25, 0.3) is 0 Å². The first-order valence-corrected chi connectivity index (χ1v) is 5.28. The van der Waals surface area contributed by atoms with Crippen molar-refractivity contribution in [3.05, 3.63) is 28.8 Å². The van der Waals surface area contributed by atoms with Crippen LogP contribution in [0.2, 0.25) is 5.02 Å². The average Bonchev–Trinajstić information content (AvgIpc) is 2.50. The number of amides is 1. The average molecular weight is 261 g/mol. The Morgan fingerprint density at radius 3 is 2.75 bits per heavy atom. The van der Waals surface area contributed by atoms with E-state index in [9.17, 15) is 4.79 Å². The number of nitrogens with two attached hydrogens (primary N) is 1. The highest BCUT2D eigenvalue weighted by atomic mass is 35.5. The Bertz CT molecular complexity index is 409. The zero-order chi connectivity index (χ0) is 11.0. The zero-order valence-electron chi connectivity index (χ0n) is 8.94. The SMILES string of the molecule is Cc1ccc(Cl)c(N2CC(N)CC2=O)c1.Cl. The Balaban J connectivity index is 0.00000128. The smallest absolute Gasteiger partial charge is 0.228 e. The van der Waals surface area contributed by atoms with Gasteiger partial charge in [0.25, 0.3) is 0 Å². The maximum atomic E-state index is 11.6. The summed E-state index contributed by atoms with van der Waals surface area (Å²) in [6.07, 6.45) is 0.407. The van der Waals surface area contributed by atoms with E-state index in [-0.39, 0.29) is 24.4 Å². The molecule has 1 heterocycles. The summed E-state index contributed by atoms with van der Waals surface area (Å²) in [4.78, 5) is 13.3. The highest BCUT2D eigenvalue weighted by Gasteiger charge is 2.29. The molecule has 0 radical (unpaired) electrons. The molecule has 16 heavy (non-hydrogen) atoms. The molecule has 5 heteroatoms. The van der Waals surface area contributed by atoms with E-state index in [2.05, 4.69) is 0 Å². The number of hydrogen-bond donors (Lipinski definition) is 1. The van der Waals surface area contributed by atoms with Crippen LogP contribution in [0.1, 0.15) is 12.0 Å². The molecule has 2 N–H and O–H groups in total. The summed E-state index contributed by atoms with van der Waals surface area (Å²) in [5, 5.41) is 0.600. The number of hydrogen-bond acceptors (Lipinski definition) is 2. The third-order valence-electron chi connectivity index (χ3n) is 2.55. The summed E-state index contributed by atoms with van der Waals surface area (Å²) < 4.78 is 0. The third-order valence-corrected chi connectivity index (χ3v) is 2.87. The van der Waals surface area contributed by atoms with Crippen LogP contribution in [0.5, 0.6) is 0 Å². The molecule has 2 rings (SSSR count). The lowest BCUT2D eigenvalue weighted by molar-refractivity contribution is -0.117. The van der Waals surface area contributed by atoms with Crippen molar-refractivity contribution in [2.75, 3.05) is 11.4 Å². The minimum atomic E-state index is -0.0749. The van der Waals surface area contributed by atoms with Gasteiger partial charge in [0.15, 0.2) is 0 Å². The molecule has 0 spiro atoms. The minimum Gasteiger partial charge on any atom is -0.326 e. The van der Waals surface area contributed by atoms with Gasteiger partial charge in [0.1, 0.15) is 0 Å². The second kappa shape index (κ2) is 5.04. The van der Waals surface area contributed by atoms with Crippen molar-refractivity contribution in [1.29, 1.82) is 0 Å². The second-order valence-corrected chi connectivity index (χ2v) is 4.33. The Labute approximate surface area is 106 Å². The zero-order valence-corrected chi connectivity index (χ0v) is 10.5. The van der Waals surface area contributed by atoms with E-state index < -0.39 is 0 Å². The van der Waals surface area contributed by atoms with Gasteiger partial charge in [-0.1, -0.05) is 17.7 Å². The van der Waals surface area contributed by atoms with Gasteiger partial charge in [0.2, 0.25) is 5.91 Å². The Kier molecular flexibility index (Phi) is 4.19. The van der Waals surface area contributed by atoms with Crippen molar-refractivity contribution >= 4 is 35.6 Å². The van der Waals surface area contributed by atoms with Crippen LogP contribution < -0.4 is 10.6 Å². The van der Waals surface area contributed by atoms with Crippen LogP contribution in [0.3, 0.4) is 0 Å². The molecule has 1 aromatic carbocycles. The van der Waals surface area contributed by atoms with Crippen molar-refractivity contribution in [2.24, 2.45) is 5.73 Å². The Hall–Kier alpha value is -0.770. The molecule has 0 saturated carbocycles. The van der Waals surface area contributed by atoms with E-state index >= 15 is 0 Å². The largest absolute Gasteiger partial charge is 0.326 e. The van der Waals surface area contributed by atoms with Crippen molar-refractivity contribution in [1.82, 2.24) is 0 Å². The number of anilines is 1. The van der Waals surface area contributed by atoms with Gasteiger partial charge in [-0.2, -0.15) is 0 Å².